The van der Waals surface area contributed by atoms with Crippen LogP contribution < -0.4 is 0 Å². The molecular weight excluding hydrogens is 288 g/mol. The van der Waals surface area contributed by atoms with Crippen LogP contribution in [0.4, 0.5) is 0 Å². The monoisotopic (exact) mass is 322 g/mol. The Labute approximate surface area is 143 Å². The molecule has 0 N–H and O–H groups in total. The molecule has 0 heterocycles. The largest absolute Gasteiger partial charge is 0.0958 e. The lowest BCUT2D eigenvalue weighted by atomic mass is 9.72. The van der Waals surface area contributed by atoms with E-state index in [1.807, 2.05) is 12.2 Å². The summed E-state index contributed by atoms with van der Waals surface area (Å²) >= 11 is 5.75. The zero-order chi connectivity index (χ0) is 16.4. The zero-order valence-electron chi connectivity index (χ0n) is 14.7. The van der Waals surface area contributed by atoms with E-state index in [1.165, 1.54) is 63.4 Å². The molecule has 0 spiro atoms. The molecule has 1 heteroatoms. The molecule has 1 aliphatic rings. The van der Waals surface area contributed by atoms with Crippen LogP contribution in [0.25, 0.3) is 0 Å². The smallest absolute Gasteiger partial charge is 0.0334 e. The van der Waals surface area contributed by atoms with E-state index in [2.05, 4.69) is 27.0 Å². The van der Waals surface area contributed by atoms with Crippen LogP contribution in [0.3, 0.4) is 0 Å². The third-order valence-corrected chi connectivity index (χ3v) is 5.38. The van der Waals surface area contributed by atoms with Crippen molar-refractivity contribution in [3.63, 3.8) is 0 Å². The Bertz CT molecular complexity index is 352. The van der Waals surface area contributed by atoms with Crippen molar-refractivity contribution in [2.24, 2.45) is 17.8 Å². The third kappa shape index (κ3) is 7.68. The maximum atomic E-state index is 5.75. The van der Waals surface area contributed by atoms with Crippen molar-refractivity contribution in [3.05, 3.63) is 35.9 Å². The molecule has 0 aliphatic heterocycles. The first-order valence-corrected chi connectivity index (χ1v) is 9.64. The Morgan fingerprint density at radius 2 is 1.64 bits per heavy atom. The molecule has 0 aromatic carbocycles. The Morgan fingerprint density at radius 1 is 1.05 bits per heavy atom. The van der Waals surface area contributed by atoms with E-state index in [0.717, 1.165) is 24.2 Å². The third-order valence-electron chi connectivity index (χ3n) is 5.25. The summed E-state index contributed by atoms with van der Waals surface area (Å²) in [4.78, 5) is 0. The van der Waals surface area contributed by atoms with E-state index in [4.69, 9.17) is 11.6 Å². The standard InChI is InChI=1S/C21H35Cl/c1-5-7-20(8-6-2)21-15-13-19(14-16-21)12-10-17(3)9-11-18(4)22/h9,11,19-21H,3-8,10,12-16H2,1-2H3/b11-9-. The molecular formula is C21H35Cl. The Balaban J connectivity index is 2.29. The number of rotatable bonds is 10. The van der Waals surface area contributed by atoms with Crippen LogP contribution in [0.15, 0.2) is 35.9 Å². The highest BCUT2D eigenvalue weighted by atomic mass is 35.5. The number of halogens is 1. The molecule has 0 amide bonds. The lowest BCUT2D eigenvalue weighted by Gasteiger charge is -2.34. The van der Waals surface area contributed by atoms with Crippen LogP contribution in [0.1, 0.15) is 78.1 Å². The second-order valence-electron chi connectivity index (χ2n) is 7.10. The highest BCUT2D eigenvalue weighted by molar-refractivity contribution is 6.30. The van der Waals surface area contributed by atoms with Gasteiger partial charge in [0.05, 0.1) is 0 Å². The van der Waals surface area contributed by atoms with Crippen LogP contribution in [0.2, 0.25) is 0 Å². The highest BCUT2D eigenvalue weighted by Crippen LogP contribution is 2.39. The van der Waals surface area contributed by atoms with Gasteiger partial charge in [-0.25, -0.2) is 0 Å². The SMILES string of the molecule is C=C(Cl)/C=C\C(=C)CCC1CCC(C(CCC)CCC)CC1. The van der Waals surface area contributed by atoms with Gasteiger partial charge in [-0.2, -0.15) is 0 Å². The van der Waals surface area contributed by atoms with Gasteiger partial charge in [0.15, 0.2) is 0 Å². The van der Waals surface area contributed by atoms with E-state index in [-0.39, 0.29) is 0 Å². The molecule has 1 fully saturated rings. The molecule has 1 aliphatic carbocycles. The number of allylic oxidation sites excluding steroid dienone is 4. The fraction of sp³-hybridized carbons (Fsp3) is 0.714. The summed E-state index contributed by atoms with van der Waals surface area (Å²) in [6.45, 7) is 12.5. The molecule has 0 atom stereocenters. The topological polar surface area (TPSA) is 0 Å². The van der Waals surface area contributed by atoms with Crippen LogP contribution in [-0.2, 0) is 0 Å². The minimum absolute atomic E-state index is 0.583. The fourth-order valence-corrected chi connectivity index (χ4v) is 4.05. The summed E-state index contributed by atoms with van der Waals surface area (Å²) < 4.78 is 0. The van der Waals surface area contributed by atoms with Gasteiger partial charge in [-0.05, 0) is 49.5 Å². The van der Waals surface area contributed by atoms with Crippen molar-refractivity contribution < 1.29 is 0 Å². The zero-order valence-corrected chi connectivity index (χ0v) is 15.5. The summed E-state index contributed by atoms with van der Waals surface area (Å²) in [6, 6.07) is 0. The van der Waals surface area contributed by atoms with E-state index in [1.54, 1.807) is 0 Å². The van der Waals surface area contributed by atoms with Crippen molar-refractivity contribution >= 4 is 11.6 Å². The molecule has 1 rings (SSSR count). The van der Waals surface area contributed by atoms with Crippen molar-refractivity contribution in [1.29, 1.82) is 0 Å². The minimum atomic E-state index is 0.583. The average Bonchev–Trinajstić information content (AvgIpc) is 2.51. The Morgan fingerprint density at radius 3 is 2.14 bits per heavy atom. The normalized spacial score (nSPS) is 22.4. The molecule has 0 bridgehead atoms. The molecule has 22 heavy (non-hydrogen) atoms. The van der Waals surface area contributed by atoms with Gasteiger partial charge in [0.25, 0.3) is 0 Å². The van der Waals surface area contributed by atoms with Crippen LogP contribution in [0.5, 0.6) is 0 Å². The van der Waals surface area contributed by atoms with E-state index in [0.29, 0.717) is 5.03 Å². The van der Waals surface area contributed by atoms with Crippen LogP contribution in [0, 0.1) is 17.8 Å². The Kier molecular flexibility index (Phi) is 9.87. The van der Waals surface area contributed by atoms with Crippen LogP contribution >= 0.6 is 11.6 Å². The van der Waals surface area contributed by atoms with E-state index < -0.39 is 0 Å². The average molecular weight is 323 g/mol. The number of hydrogen-bond acceptors (Lipinski definition) is 0. The van der Waals surface area contributed by atoms with Crippen molar-refractivity contribution in [2.75, 3.05) is 0 Å². The molecule has 126 valence electrons. The lowest BCUT2D eigenvalue weighted by molar-refractivity contribution is 0.181. The molecule has 0 unspecified atom stereocenters. The lowest BCUT2D eigenvalue weighted by Crippen LogP contribution is -2.22. The first kappa shape index (κ1) is 19.6. The maximum absolute atomic E-state index is 5.75. The number of hydrogen-bond donors (Lipinski definition) is 0. The maximum Gasteiger partial charge on any atom is 0.0334 e. The van der Waals surface area contributed by atoms with E-state index >= 15 is 0 Å². The molecule has 0 aromatic heterocycles. The van der Waals surface area contributed by atoms with Crippen molar-refractivity contribution in [2.45, 2.75) is 78.1 Å². The van der Waals surface area contributed by atoms with Crippen LogP contribution in [-0.4, -0.2) is 0 Å². The molecule has 1 saturated carbocycles. The molecule has 0 aromatic rings. The predicted octanol–water partition coefficient (Wildman–Crippen LogP) is 7.65. The predicted molar refractivity (Wildman–Crippen MR) is 101 cm³/mol. The van der Waals surface area contributed by atoms with Gasteiger partial charge in [-0.15, -0.1) is 0 Å². The van der Waals surface area contributed by atoms with E-state index in [9.17, 15) is 0 Å². The molecule has 0 nitrogen and oxygen atoms in total. The second kappa shape index (κ2) is 11.1. The fourth-order valence-electron chi connectivity index (χ4n) is 3.99. The van der Waals surface area contributed by atoms with Crippen molar-refractivity contribution in [3.8, 4) is 0 Å². The van der Waals surface area contributed by atoms with Gasteiger partial charge in [-0.1, -0.05) is 88.8 Å². The molecule has 0 radical (unpaired) electrons. The Hall–Kier alpha value is -0.490. The summed E-state index contributed by atoms with van der Waals surface area (Å²) in [5, 5.41) is 0.583. The summed E-state index contributed by atoms with van der Waals surface area (Å²) in [7, 11) is 0. The quantitative estimate of drug-likeness (QED) is 0.362. The summed E-state index contributed by atoms with van der Waals surface area (Å²) in [6.07, 6.45) is 17.6. The van der Waals surface area contributed by atoms with Gasteiger partial charge >= 0.3 is 0 Å². The van der Waals surface area contributed by atoms with Gasteiger partial charge < -0.3 is 0 Å². The highest BCUT2D eigenvalue weighted by Gasteiger charge is 2.26. The first-order chi connectivity index (χ1) is 10.6. The second-order valence-corrected chi connectivity index (χ2v) is 7.58. The van der Waals surface area contributed by atoms with Gasteiger partial charge in [0.2, 0.25) is 0 Å². The van der Waals surface area contributed by atoms with Gasteiger partial charge in [0, 0.05) is 5.03 Å². The van der Waals surface area contributed by atoms with Gasteiger partial charge in [0.1, 0.15) is 0 Å². The summed E-state index contributed by atoms with van der Waals surface area (Å²) in [5.41, 5.74) is 1.18. The summed E-state index contributed by atoms with van der Waals surface area (Å²) in [5.74, 6) is 2.90. The first-order valence-electron chi connectivity index (χ1n) is 9.27. The molecule has 0 saturated heterocycles. The van der Waals surface area contributed by atoms with Gasteiger partial charge in [-0.3, -0.25) is 0 Å². The minimum Gasteiger partial charge on any atom is -0.0958 e. The van der Waals surface area contributed by atoms with Crippen molar-refractivity contribution in [1.82, 2.24) is 0 Å².